The Labute approximate surface area is 92.2 Å². The molecule has 0 aromatic carbocycles. The van der Waals surface area contributed by atoms with E-state index < -0.39 is 0 Å². The fourth-order valence-electron chi connectivity index (χ4n) is 1.31. The van der Waals surface area contributed by atoms with Gasteiger partial charge in [0.25, 0.3) is 0 Å². The second-order valence-electron chi connectivity index (χ2n) is 3.26. The first-order valence-electron chi connectivity index (χ1n) is 4.74. The van der Waals surface area contributed by atoms with Crippen molar-refractivity contribution in [2.75, 3.05) is 5.73 Å². The molecule has 0 amide bonds. The van der Waals surface area contributed by atoms with Gasteiger partial charge in [-0.25, -0.2) is 4.98 Å². The maximum absolute atomic E-state index is 5.63. The lowest BCUT2D eigenvalue weighted by Gasteiger charge is -2.02. The molecule has 0 fully saturated rings. The minimum Gasteiger partial charge on any atom is -0.368 e. The largest absolute Gasteiger partial charge is 0.368 e. The number of rotatable bonds is 2. The maximum atomic E-state index is 5.63. The molecule has 0 aliphatic rings. The summed E-state index contributed by atoms with van der Waals surface area (Å²) in [6.45, 7) is 4.04. The van der Waals surface area contributed by atoms with Crippen LogP contribution >= 0.6 is 11.3 Å². The molecule has 0 saturated heterocycles. The van der Waals surface area contributed by atoms with Gasteiger partial charge in [0.15, 0.2) is 5.82 Å². The van der Waals surface area contributed by atoms with Gasteiger partial charge in [-0.2, -0.15) is 21.3 Å². The first-order chi connectivity index (χ1) is 7.20. The van der Waals surface area contributed by atoms with E-state index in [0.717, 1.165) is 17.8 Å². The van der Waals surface area contributed by atoms with Crippen LogP contribution in [-0.2, 0) is 6.42 Å². The molecule has 0 atom stereocenters. The average molecular weight is 220 g/mol. The van der Waals surface area contributed by atoms with E-state index in [1.807, 2.05) is 19.2 Å². The summed E-state index contributed by atoms with van der Waals surface area (Å²) in [5, 5.41) is 4.10. The van der Waals surface area contributed by atoms with Gasteiger partial charge in [-0.3, -0.25) is 0 Å². The van der Waals surface area contributed by atoms with Crippen LogP contribution in [0.15, 0.2) is 10.8 Å². The number of hydrogen-bond acceptors (Lipinski definition) is 5. The Morgan fingerprint density at radius 3 is 2.67 bits per heavy atom. The predicted molar refractivity (Wildman–Crippen MR) is 61.7 cm³/mol. The zero-order valence-corrected chi connectivity index (χ0v) is 9.51. The van der Waals surface area contributed by atoms with Crippen molar-refractivity contribution in [1.29, 1.82) is 0 Å². The molecule has 0 unspecified atom stereocenters. The molecule has 15 heavy (non-hydrogen) atoms. The Morgan fingerprint density at radius 1 is 1.27 bits per heavy atom. The topological polar surface area (TPSA) is 64.7 Å². The highest BCUT2D eigenvalue weighted by molar-refractivity contribution is 7.08. The fraction of sp³-hybridized carbons (Fsp3) is 0.300. The van der Waals surface area contributed by atoms with E-state index in [-0.39, 0.29) is 0 Å². The summed E-state index contributed by atoms with van der Waals surface area (Å²) in [5.41, 5.74) is 7.85. The number of thiophene rings is 1. The molecule has 0 spiro atoms. The predicted octanol–water partition coefficient (Wildman–Crippen LogP) is 2.05. The number of hydrogen-bond donors (Lipinski definition) is 1. The molecule has 0 aliphatic carbocycles. The van der Waals surface area contributed by atoms with E-state index in [1.54, 1.807) is 11.3 Å². The Hall–Kier alpha value is -1.49. The van der Waals surface area contributed by atoms with E-state index in [0.29, 0.717) is 11.8 Å². The minimum absolute atomic E-state index is 0.294. The fourth-order valence-corrected chi connectivity index (χ4v) is 2.13. The molecule has 78 valence electrons. The van der Waals surface area contributed by atoms with Gasteiger partial charge in [0.1, 0.15) is 5.82 Å². The lowest BCUT2D eigenvalue weighted by Crippen LogP contribution is -2.04. The molecular weight excluding hydrogens is 208 g/mol. The maximum Gasteiger partial charge on any atom is 0.223 e. The van der Waals surface area contributed by atoms with Crippen molar-refractivity contribution in [3.63, 3.8) is 0 Å². The molecule has 5 heteroatoms. The van der Waals surface area contributed by atoms with Crippen LogP contribution in [-0.4, -0.2) is 15.0 Å². The molecule has 2 N–H and O–H groups in total. The minimum atomic E-state index is 0.294. The number of nitrogens with zero attached hydrogens (tertiary/aromatic N) is 3. The smallest absolute Gasteiger partial charge is 0.223 e. The molecule has 0 saturated carbocycles. The zero-order valence-electron chi connectivity index (χ0n) is 8.69. The lowest BCUT2D eigenvalue weighted by molar-refractivity contribution is 0.913. The van der Waals surface area contributed by atoms with Gasteiger partial charge in [-0.1, -0.05) is 6.92 Å². The average Bonchev–Trinajstić information content (AvgIpc) is 2.63. The number of nitrogen functional groups attached to an aromatic ring is 1. The van der Waals surface area contributed by atoms with Crippen molar-refractivity contribution in [2.45, 2.75) is 20.3 Å². The number of aryl methyl sites for hydroxylation is 2. The van der Waals surface area contributed by atoms with Crippen LogP contribution in [0.4, 0.5) is 5.95 Å². The molecule has 0 radical (unpaired) electrons. The first kappa shape index (κ1) is 10.0. The highest BCUT2D eigenvalue weighted by atomic mass is 32.1. The Balaban J connectivity index is 2.53. The molecule has 2 aromatic rings. The lowest BCUT2D eigenvalue weighted by atomic mass is 10.2. The van der Waals surface area contributed by atoms with Gasteiger partial charge in [0, 0.05) is 17.4 Å². The second-order valence-corrected chi connectivity index (χ2v) is 4.00. The van der Waals surface area contributed by atoms with Gasteiger partial charge >= 0.3 is 0 Å². The number of nitrogens with two attached hydrogens (primary N) is 1. The third-order valence-electron chi connectivity index (χ3n) is 2.11. The van der Waals surface area contributed by atoms with Crippen molar-refractivity contribution in [3.05, 3.63) is 22.1 Å². The highest BCUT2D eigenvalue weighted by Crippen LogP contribution is 2.23. The van der Waals surface area contributed by atoms with E-state index in [9.17, 15) is 0 Å². The molecule has 4 nitrogen and oxygen atoms in total. The van der Waals surface area contributed by atoms with Crippen molar-refractivity contribution < 1.29 is 0 Å². The third-order valence-corrected chi connectivity index (χ3v) is 2.97. The van der Waals surface area contributed by atoms with E-state index in [1.165, 1.54) is 5.56 Å². The summed E-state index contributed by atoms with van der Waals surface area (Å²) in [6.07, 6.45) is 0.767. The summed E-state index contributed by atoms with van der Waals surface area (Å²) < 4.78 is 0. The number of aromatic nitrogens is 3. The Morgan fingerprint density at radius 2 is 2.07 bits per heavy atom. The first-order valence-corrected chi connectivity index (χ1v) is 5.68. The van der Waals surface area contributed by atoms with Crippen LogP contribution in [0.3, 0.4) is 0 Å². The van der Waals surface area contributed by atoms with Crippen molar-refractivity contribution in [1.82, 2.24) is 15.0 Å². The molecule has 0 bridgehead atoms. The molecular formula is C10H12N4S. The molecule has 2 heterocycles. The Kier molecular flexibility index (Phi) is 2.64. The summed E-state index contributed by atoms with van der Waals surface area (Å²) in [7, 11) is 0. The standard InChI is InChI=1S/C10H12N4S/c1-3-8-12-9(14-10(11)13-8)7-5-15-4-6(7)2/h4-5H,3H2,1-2H3,(H2,11,12,13,14). The zero-order chi connectivity index (χ0) is 10.8. The van der Waals surface area contributed by atoms with Gasteiger partial charge < -0.3 is 5.73 Å². The van der Waals surface area contributed by atoms with Gasteiger partial charge in [0.05, 0.1) is 0 Å². The van der Waals surface area contributed by atoms with E-state index in [4.69, 9.17) is 5.73 Å². The van der Waals surface area contributed by atoms with Crippen LogP contribution < -0.4 is 5.73 Å². The van der Waals surface area contributed by atoms with Gasteiger partial charge in [-0.15, -0.1) is 0 Å². The van der Waals surface area contributed by atoms with Crippen LogP contribution in [0.25, 0.3) is 11.4 Å². The summed E-state index contributed by atoms with van der Waals surface area (Å²) in [6, 6.07) is 0. The van der Waals surface area contributed by atoms with Gasteiger partial charge in [-0.05, 0) is 17.9 Å². The Bertz CT molecular complexity index is 478. The van der Waals surface area contributed by atoms with Crippen LogP contribution in [0.5, 0.6) is 0 Å². The van der Waals surface area contributed by atoms with Crippen LogP contribution in [0.1, 0.15) is 18.3 Å². The van der Waals surface area contributed by atoms with Crippen LogP contribution in [0, 0.1) is 6.92 Å². The van der Waals surface area contributed by atoms with E-state index >= 15 is 0 Å². The second kappa shape index (κ2) is 3.94. The normalized spacial score (nSPS) is 10.5. The summed E-state index contributed by atoms with van der Waals surface area (Å²) in [4.78, 5) is 12.6. The molecule has 0 aliphatic heterocycles. The quantitative estimate of drug-likeness (QED) is 0.841. The highest BCUT2D eigenvalue weighted by Gasteiger charge is 2.08. The monoisotopic (exact) mass is 220 g/mol. The molecule has 2 aromatic heterocycles. The van der Waals surface area contributed by atoms with Crippen LogP contribution in [0.2, 0.25) is 0 Å². The van der Waals surface area contributed by atoms with Gasteiger partial charge in [0.2, 0.25) is 5.95 Å². The molecule has 2 rings (SSSR count). The third kappa shape index (κ3) is 1.97. The SMILES string of the molecule is CCc1nc(N)nc(-c2cscc2C)n1. The van der Waals surface area contributed by atoms with E-state index in [2.05, 4.69) is 20.3 Å². The summed E-state index contributed by atoms with van der Waals surface area (Å²) >= 11 is 1.64. The van der Waals surface area contributed by atoms with Crippen molar-refractivity contribution in [3.8, 4) is 11.4 Å². The number of anilines is 1. The van der Waals surface area contributed by atoms with Crippen molar-refractivity contribution >= 4 is 17.3 Å². The summed E-state index contributed by atoms with van der Waals surface area (Å²) in [5.74, 6) is 1.71. The van der Waals surface area contributed by atoms with Crippen molar-refractivity contribution in [2.24, 2.45) is 0 Å².